The van der Waals surface area contributed by atoms with E-state index in [2.05, 4.69) is 23.7 Å². The molecule has 1 heterocycles. The summed E-state index contributed by atoms with van der Waals surface area (Å²) in [6.07, 6.45) is 9.56. The van der Waals surface area contributed by atoms with E-state index in [1.165, 1.54) is 38.8 Å². The molecule has 4 nitrogen and oxygen atoms in total. The minimum absolute atomic E-state index is 0.0412. The first-order chi connectivity index (χ1) is 13.1. The molecule has 4 rings (SSSR count). The van der Waals surface area contributed by atoms with Gasteiger partial charge in [-0.05, 0) is 80.0 Å². The molecule has 1 aromatic carbocycles. The molecule has 0 atom stereocenters. The van der Waals surface area contributed by atoms with Crippen LogP contribution in [0.3, 0.4) is 0 Å². The van der Waals surface area contributed by atoms with Crippen molar-refractivity contribution in [2.75, 3.05) is 13.1 Å². The quantitative estimate of drug-likeness (QED) is 0.778. The number of hydrogen-bond donors (Lipinski definition) is 1. The van der Waals surface area contributed by atoms with E-state index in [0.29, 0.717) is 6.10 Å². The summed E-state index contributed by atoms with van der Waals surface area (Å²) >= 11 is 0. The summed E-state index contributed by atoms with van der Waals surface area (Å²) in [5, 5.41) is 1.66. The third kappa shape index (κ3) is 4.73. The SMILES string of the molecule is CC(C)CN(CC1CC1)C1CCC(Oc2ccc3c(=O)[nH]ccc3c2)CC1. The maximum absolute atomic E-state index is 11.8. The summed E-state index contributed by atoms with van der Waals surface area (Å²) in [6.45, 7) is 7.19. The second-order valence-corrected chi connectivity index (χ2v) is 8.90. The van der Waals surface area contributed by atoms with Crippen LogP contribution in [-0.4, -0.2) is 35.1 Å². The fraction of sp³-hybridized carbons (Fsp3) is 0.609. The summed E-state index contributed by atoms with van der Waals surface area (Å²) in [4.78, 5) is 17.3. The third-order valence-corrected chi connectivity index (χ3v) is 6.00. The zero-order chi connectivity index (χ0) is 18.8. The van der Waals surface area contributed by atoms with Gasteiger partial charge in [-0.15, -0.1) is 0 Å². The number of nitrogens with zero attached hydrogens (tertiary/aromatic N) is 1. The second-order valence-electron chi connectivity index (χ2n) is 8.90. The lowest BCUT2D eigenvalue weighted by atomic mass is 9.91. The highest BCUT2D eigenvalue weighted by atomic mass is 16.5. The Kier molecular flexibility index (Phi) is 5.53. The van der Waals surface area contributed by atoms with Crippen molar-refractivity contribution >= 4 is 10.8 Å². The maximum Gasteiger partial charge on any atom is 0.255 e. The van der Waals surface area contributed by atoms with Crippen molar-refractivity contribution in [3.63, 3.8) is 0 Å². The van der Waals surface area contributed by atoms with Gasteiger partial charge in [-0.3, -0.25) is 9.69 Å². The van der Waals surface area contributed by atoms with E-state index in [1.54, 1.807) is 6.20 Å². The van der Waals surface area contributed by atoms with Crippen LogP contribution in [0.25, 0.3) is 10.8 Å². The van der Waals surface area contributed by atoms with E-state index in [4.69, 9.17) is 4.74 Å². The van der Waals surface area contributed by atoms with E-state index in [1.807, 2.05) is 24.3 Å². The molecule has 0 bridgehead atoms. The van der Waals surface area contributed by atoms with Crippen molar-refractivity contribution in [1.82, 2.24) is 9.88 Å². The zero-order valence-corrected chi connectivity index (χ0v) is 16.6. The molecule has 146 valence electrons. The average molecular weight is 369 g/mol. The molecule has 4 heteroatoms. The van der Waals surface area contributed by atoms with Crippen LogP contribution in [0.1, 0.15) is 52.4 Å². The lowest BCUT2D eigenvalue weighted by molar-refractivity contribution is 0.0785. The molecule has 2 aliphatic rings. The monoisotopic (exact) mass is 368 g/mol. The summed E-state index contributed by atoms with van der Waals surface area (Å²) in [6, 6.07) is 8.46. The Morgan fingerprint density at radius 1 is 1.11 bits per heavy atom. The van der Waals surface area contributed by atoms with Crippen LogP contribution in [0.2, 0.25) is 0 Å². The molecule has 2 aliphatic carbocycles. The molecule has 2 fully saturated rings. The Balaban J connectivity index is 1.35. The number of benzene rings is 1. The van der Waals surface area contributed by atoms with Gasteiger partial charge in [0.2, 0.25) is 0 Å². The number of aromatic amines is 1. The number of ether oxygens (including phenoxy) is 1. The maximum atomic E-state index is 11.8. The van der Waals surface area contributed by atoms with Gasteiger partial charge in [-0.1, -0.05) is 13.8 Å². The summed E-state index contributed by atoms with van der Waals surface area (Å²) in [7, 11) is 0. The molecular formula is C23H32N2O2. The van der Waals surface area contributed by atoms with Gasteiger partial charge in [-0.2, -0.15) is 0 Å². The Hall–Kier alpha value is -1.81. The number of fused-ring (bicyclic) bond motifs is 1. The number of nitrogens with one attached hydrogen (secondary N) is 1. The van der Waals surface area contributed by atoms with Gasteiger partial charge in [0.05, 0.1) is 6.10 Å². The van der Waals surface area contributed by atoms with Gasteiger partial charge in [0.25, 0.3) is 5.56 Å². The Morgan fingerprint density at radius 3 is 2.59 bits per heavy atom. The van der Waals surface area contributed by atoms with Crippen molar-refractivity contribution in [3.8, 4) is 5.75 Å². The topological polar surface area (TPSA) is 45.3 Å². The molecule has 27 heavy (non-hydrogen) atoms. The molecular weight excluding hydrogens is 336 g/mol. The van der Waals surface area contributed by atoms with Gasteiger partial charge in [0, 0.05) is 30.7 Å². The number of pyridine rings is 1. The first kappa shape index (κ1) is 18.5. The van der Waals surface area contributed by atoms with Crippen LogP contribution in [0.5, 0.6) is 5.75 Å². The predicted octanol–water partition coefficient (Wildman–Crippen LogP) is 4.59. The fourth-order valence-corrected chi connectivity index (χ4v) is 4.44. The highest BCUT2D eigenvalue weighted by molar-refractivity contribution is 5.82. The normalized spacial score (nSPS) is 23.3. The van der Waals surface area contributed by atoms with Gasteiger partial charge in [-0.25, -0.2) is 0 Å². The molecule has 2 saturated carbocycles. The van der Waals surface area contributed by atoms with Gasteiger partial charge >= 0.3 is 0 Å². The van der Waals surface area contributed by atoms with Crippen molar-refractivity contribution in [1.29, 1.82) is 0 Å². The van der Waals surface area contributed by atoms with Crippen LogP contribution < -0.4 is 10.3 Å². The molecule has 2 aromatic rings. The van der Waals surface area contributed by atoms with Crippen molar-refractivity contribution in [2.24, 2.45) is 11.8 Å². The molecule has 0 radical (unpaired) electrons. The predicted molar refractivity (Wildman–Crippen MR) is 110 cm³/mol. The van der Waals surface area contributed by atoms with E-state index >= 15 is 0 Å². The summed E-state index contributed by atoms with van der Waals surface area (Å²) < 4.78 is 6.28. The van der Waals surface area contributed by atoms with E-state index < -0.39 is 0 Å². The number of aromatic nitrogens is 1. The zero-order valence-electron chi connectivity index (χ0n) is 16.6. The Bertz CT molecular complexity index is 812. The minimum atomic E-state index is -0.0412. The molecule has 1 aromatic heterocycles. The van der Waals surface area contributed by atoms with Crippen LogP contribution in [0, 0.1) is 11.8 Å². The molecule has 1 N–H and O–H groups in total. The van der Waals surface area contributed by atoms with Crippen LogP contribution in [0.15, 0.2) is 35.3 Å². The van der Waals surface area contributed by atoms with E-state index in [9.17, 15) is 4.79 Å². The molecule has 0 aliphatic heterocycles. The Morgan fingerprint density at radius 2 is 1.89 bits per heavy atom. The summed E-state index contributed by atoms with van der Waals surface area (Å²) in [5.74, 6) is 2.57. The van der Waals surface area contributed by atoms with Gasteiger partial charge in [0.1, 0.15) is 5.75 Å². The summed E-state index contributed by atoms with van der Waals surface area (Å²) in [5.41, 5.74) is -0.0412. The molecule has 0 spiro atoms. The van der Waals surface area contributed by atoms with Crippen molar-refractivity contribution in [3.05, 3.63) is 40.8 Å². The number of rotatable bonds is 7. The largest absolute Gasteiger partial charge is 0.490 e. The van der Waals surface area contributed by atoms with Crippen molar-refractivity contribution in [2.45, 2.75) is 64.5 Å². The molecule has 0 unspecified atom stereocenters. The second kappa shape index (κ2) is 8.05. The van der Waals surface area contributed by atoms with Crippen molar-refractivity contribution < 1.29 is 4.74 Å². The van der Waals surface area contributed by atoms with Gasteiger partial charge < -0.3 is 9.72 Å². The minimum Gasteiger partial charge on any atom is -0.490 e. The first-order valence-corrected chi connectivity index (χ1v) is 10.6. The average Bonchev–Trinajstić information content (AvgIpc) is 3.46. The lowest BCUT2D eigenvalue weighted by Gasteiger charge is -2.38. The number of hydrogen-bond acceptors (Lipinski definition) is 3. The standard InChI is InChI=1S/C23H32N2O2/c1-16(2)14-25(15-17-3-4-17)19-5-7-20(8-6-19)27-21-9-10-22-18(13-21)11-12-24-23(22)26/h9-13,16-17,19-20H,3-8,14-15H2,1-2H3,(H,24,26). The van der Waals surface area contributed by atoms with Crippen LogP contribution in [-0.2, 0) is 0 Å². The first-order valence-electron chi connectivity index (χ1n) is 10.6. The molecule has 0 saturated heterocycles. The number of H-pyrrole nitrogens is 1. The fourth-order valence-electron chi connectivity index (χ4n) is 4.44. The molecule has 0 amide bonds. The lowest BCUT2D eigenvalue weighted by Crippen LogP contribution is -2.43. The van der Waals surface area contributed by atoms with Crippen LogP contribution in [0.4, 0.5) is 0 Å². The Labute approximate surface area is 161 Å². The van der Waals surface area contributed by atoms with E-state index in [-0.39, 0.29) is 5.56 Å². The highest BCUT2D eigenvalue weighted by Gasteiger charge is 2.31. The smallest absolute Gasteiger partial charge is 0.255 e. The third-order valence-electron chi connectivity index (χ3n) is 6.00. The highest BCUT2D eigenvalue weighted by Crippen LogP contribution is 2.34. The van der Waals surface area contributed by atoms with Gasteiger partial charge in [0.15, 0.2) is 0 Å². The van der Waals surface area contributed by atoms with E-state index in [0.717, 1.165) is 47.2 Å². The van der Waals surface area contributed by atoms with Crippen LogP contribution >= 0.6 is 0 Å².